The normalized spacial score (nSPS) is 19.9. The number of hydrogen-bond acceptors (Lipinski definition) is 4. The van der Waals surface area contributed by atoms with Gasteiger partial charge in [-0.1, -0.05) is 41.4 Å². The van der Waals surface area contributed by atoms with Crippen LogP contribution in [-0.2, 0) is 12.0 Å². The van der Waals surface area contributed by atoms with Crippen molar-refractivity contribution >= 4 is 41.0 Å². The zero-order chi connectivity index (χ0) is 29.3. The number of nitrogens with one attached hydrogen (secondary N) is 2. The number of urea groups is 1. The second-order valence-corrected chi connectivity index (χ2v) is 11.0. The molecule has 1 atom stereocenters. The molecule has 1 aromatic heterocycles. The van der Waals surface area contributed by atoms with Gasteiger partial charge in [0.05, 0.1) is 11.0 Å². The number of fused-ring (bicyclic) bond motifs is 2. The fraction of sp³-hybridized carbons (Fsp3) is 0.310. The van der Waals surface area contributed by atoms with Crippen LogP contribution in [0.3, 0.4) is 0 Å². The molecule has 216 valence electrons. The molecule has 6 nitrogen and oxygen atoms in total. The van der Waals surface area contributed by atoms with Crippen LogP contribution < -0.4 is 19.9 Å². The van der Waals surface area contributed by atoms with Gasteiger partial charge in [-0.2, -0.15) is 0 Å². The Balaban J connectivity index is 1.61. The maximum absolute atomic E-state index is 14.2. The van der Waals surface area contributed by atoms with Crippen LogP contribution in [0.5, 0.6) is 5.75 Å². The van der Waals surface area contributed by atoms with E-state index in [0.717, 1.165) is 0 Å². The summed E-state index contributed by atoms with van der Waals surface area (Å²) in [6.07, 6.45) is 1.07. The molecule has 1 saturated heterocycles. The van der Waals surface area contributed by atoms with Crippen molar-refractivity contribution in [3.05, 3.63) is 93.5 Å². The van der Waals surface area contributed by atoms with Crippen LogP contribution in [0.2, 0.25) is 10.2 Å². The van der Waals surface area contributed by atoms with Gasteiger partial charge in [0.25, 0.3) is 0 Å². The van der Waals surface area contributed by atoms with E-state index in [2.05, 4.69) is 20.4 Å². The zero-order valence-electron chi connectivity index (χ0n) is 21.8. The van der Waals surface area contributed by atoms with Crippen molar-refractivity contribution < 1.29 is 27.1 Å². The van der Waals surface area contributed by atoms with Gasteiger partial charge < -0.3 is 15.4 Å². The van der Waals surface area contributed by atoms with Gasteiger partial charge in [-0.25, -0.2) is 18.7 Å². The lowest BCUT2D eigenvalue weighted by atomic mass is 9.74. The van der Waals surface area contributed by atoms with Crippen molar-refractivity contribution in [2.45, 2.75) is 31.2 Å². The Kier molecular flexibility index (Phi) is 8.29. The number of ether oxygens (including phenoxy) is 1. The quantitative estimate of drug-likeness (QED) is 0.180. The number of benzene rings is 2. The third-order valence-electron chi connectivity index (χ3n) is 7.63. The number of rotatable bonds is 6. The monoisotopic (exact) mass is 609 g/mol. The summed E-state index contributed by atoms with van der Waals surface area (Å²) in [7, 11) is 0. The maximum atomic E-state index is 14.2. The summed E-state index contributed by atoms with van der Waals surface area (Å²) in [5.41, 5.74) is 1.19. The summed E-state index contributed by atoms with van der Waals surface area (Å²) in [5, 5.41) is 6.64. The first kappa shape index (κ1) is 29.3. The Labute approximate surface area is 244 Å². The highest BCUT2D eigenvalue weighted by Crippen LogP contribution is 2.57. The van der Waals surface area contributed by atoms with E-state index < -0.39 is 17.8 Å². The minimum atomic E-state index is -4.93. The number of amides is 2. The molecule has 2 aliphatic heterocycles. The number of carbonyl (C=O) groups excluding carboxylic acids is 1. The number of quaternary nitrogens is 1. The van der Waals surface area contributed by atoms with Crippen LogP contribution in [0.1, 0.15) is 29.5 Å². The van der Waals surface area contributed by atoms with E-state index in [1.54, 1.807) is 36.4 Å². The molecule has 41 heavy (non-hydrogen) atoms. The van der Waals surface area contributed by atoms with Crippen LogP contribution in [-0.4, -0.2) is 43.6 Å². The van der Waals surface area contributed by atoms with Gasteiger partial charge >= 0.3 is 12.4 Å². The summed E-state index contributed by atoms with van der Waals surface area (Å²) in [6.45, 7) is 1.49. The lowest BCUT2D eigenvalue weighted by Crippen LogP contribution is -2.60. The number of carbonyl (C=O) groups is 1. The average Bonchev–Trinajstić information content (AvgIpc) is 3.21. The summed E-state index contributed by atoms with van der Waals surface area (Å²) in [6, 6.07) is 11.3. The average molecular weight is 610 g/mol. The highest BCUT2D eigenvalue weighted by atomic mass is 35.5. The van der Waals surface area contributed by atoms with E-state index >= 15 is 0 Å². The Morgan fingerprint density at radius 2 is 1.85 bits per heavy atom. The molecular weight excluding hydrogens is 583 g/mol. The smallest absolute Gasteiger partial charge is 0.405 e. The Bertz CT molecular complexity index is 1460. The first-order valence-electron chi connectivity index (χ1n) is 13.0. The molecule has 1 spiro atoms. The molecule has 2 aliphatic rings. The highest BCUT2D eigenvalue weighted by molar-refractivity contribution is 6.34. The number of nitrogens with zero attached hydrogens (tertiary/aromatic N) is 2. The number of halogens is 6. The van der Waals surface area contributed by atoms with Gasteiger partial charge in [-0.3, -0.25) is 0 Å². The number of hydrogen-bond donors (Lipinski definition) is 2. The van der Waals surface area contributed by atoms with Gasteiger partial charge in [0.1, 0.15) is 34.8 Å². The van der Waals surface area contributed by atoms with Crippen molar-refractivity contribution in [1.29, 1.82) is 0 Å². The third-order valence-corrected chi connectivity index (χ3v) is 8.14. The number of alkyl halides is 3. The van der Waals surface area contributed by atoms with Crippen LogP contribution in [0, 0.1) is 5.82 Å². The van der Waals surface area contributed by atoms with E-state index in [1.165, 1.54) is 30.5 Å². The summed E-state index contributed by atoms with van der Waals surface area (Å²) in [4.78, 5) is 18.2. The van der Waals surface area contributed by atoms with Crippen molar-refractivity contribution in [3.63, 3.8) is 0 Å². The van der Waals surface area contributed by atoms with E-state index in [1.807, 2.05) is 0 Å². The first-order chi connectivity index (χ1) is 19.5. The molecule has 2 aromatic carbocycles. The first-order valence-corrected chi connectivity index (χ1v) is 13.8. The van der Waals surface area contributed by atoms with Gasteiger partial charge in [0, 0.05) is 12.7 Å². The molecular formula is C29H27Cl2F4N4O2+. The molecule has 0 bridgehead atoms. The Morgan fingerprint density at radius 1 is 1.12 bits per heavy atom. The predicted octanol–water partition coefficient (Wildman–Crippen LogP) is 6.99. The maximum Gasteiger partial charge on any atom is 0.573 e. The van der Waals surface area contributed by atoms with Crippen LogP contribution >= 0.6 is 23.2 Å². The van der Waals surface area contributed by atoms with Crippen molar-refractivity contribution in [1.82, 2.24) is 20.1 Å². The molecule has 0 radical (unpaired) electrons. The summed E-state index contributed by atoms with van der Waals surface area (Å²) < 4.78 is 58.3. The van der Waals surface area contributed by atoms with Crippen LogP contribution in [0.15, 0.2) is 60.8 Å². The molecule has 5 rings (SSSR count). The van der Waals surface area contributed by atoms with Gasteiger partial charge in [0.2, 0.25) is 0 Å². The van der Waals surface area contributed by atoms with Crippen LogP contribution in [0.25, 0.3) is 6.08 Å². The molecule has 1 unspecified atom stereocenters. The van der Waals surface area contributed by atoms with E-state index in [4.69, 9.17) is 23.2 Å². The van der Waals surface area contributed by atoms with Gasteiger partial charge in [0.15, 0.2) is 5.69 Å². The van der Waals surface area contributed by atoms with Crippen molar-refractivity contribution in [3.8, 4) is 5.75 Å². The lowest BCUT2D eigenvalue weighted by Gasteiger charge is -2.36. The largest absolute Gasteiger partial charge is 0.573 e. The fourth-order valence-electron chi connectivity index (χ4n) is 5.91. The Morgan fingerprint density at radius 3 is 2.54 bits per heavy atom. The van der Waals surface area contributed by atoms with E-state index in [9.17, 15) is 22.4 Å². The molecule has 2 N–H and O–H groups in total. The Hall–Kier alpha value is -3.18. The minimum Gasteiger partial charge on any atom is -0.405 e. The number of piperidine rings is 1. The summed E-state index contributed by atoms with van der Waals surface area (Å²) in [5.74, 6) is -0.735. The molecule has 12 heteroatoms. The summed E-state index contributed by atoms with van der Waals surface area (Å²) >= 11 is 12.8. The van der Waals surface area contributed by atoms with E-state index in [0.29, 0.717) is 42.6 Å². The SMILES string of the molecule is O=C(NCc1ccnc(Cl)c1)[N+]1(C/C=C/c2ccc(F)cc2)CC2(CCNCC2)c2c(OC(F)(F)F)ccc(Cl)c21. The zero-order valence-corrected chi connectivity index (χ0v) is 23.3. The molecule has 1 fully saturated rings. The van der Waals surface area contributed by atoms with Gasteiger partial charge in [-0.05, 0) is 79.5 Å². The number of aromatic nitrogens is 1. The lowest BCUT2D eigenvalue weighted by molar-refractivity contribution is -0.275. The molecule has 2 amide bonds. The topological polar surface area (TPSA) is 63.2 Å². The van der Waals surface area contributed by atoms with E-state index in [-0.39, 0.29) is 51.5 Å². The second kappa shape index (κ2) is 11.6. The number of pyridine rings is 1. The van der Waals surface area contributed by atoms with Gasteiger partial charge in [-0.15, -0.1) is 13.2 Å². The molecule has 0 saturated carbocycles. The van der Waals surface area contributed by atoms with Crippen molar-refractivity contribution in [2.24, 2.45) is 0 Å². The minimum absolute atomic E-state index is 0.0810. The standard InChI is InChI=1S/C29H26Cl2F4N4O2/c30-22-7-8-23(41-29(33,34)35)25-26(22)39(18-28(25)10-13-36-14-11-28,15-1-2-19-3-5-21(32)6-4-19)27(40)38-17-20-9-12-37-24(31)16-20/h1-9,12,16,36H,10-11,13-15,17-18H2/p+1/b2-1+. The fourth-order valence-corrected chi connectivity index (χ4v) is 6.43. The molecule has 3 aromatic rings. The predicted molar refractivity (Wildman–Crippen MR) is 150 cm³/mol. The van der Waals surface area contributed by atoms with Crippen LogP contribution in [0.4, 0.5) is 28.0 Å². The molecule has 0 aliphatic carbocycles. The molecule has 3 heterocycles. The third kappa shape index (κ3) is 6.21. The van der Waals surface area contributed by atoms with Crippen molar-refractivity contribution in [2.75, 3.05) is 26.2 Å². The highest BCUT2D eigenvalue weighted by Gasteiger charge is 2.60. The second-order valence-electron chi connectivity index (χ2n) is 10.3.